The average molecular weight is 395 g/mol. The molecule has 1 saturated heterocycles. The van der Waals surface area contributed by atoms with Crippen LogP contribution in [0.1, 0.15) is 44.0 Å². The molecule has 2 amide bonds. The van der Waals surface area contributed by atoms with E-state index in [0.29, 0.717) is 43.1 Å². The summed E-state index contributed by atoms with van der Waals surface area (Å²) in [5.41, 5.74) is 0.346. The van der Waals surface area contributed by atoms with Gasteiger partial charge in [-0.15, -0.1) is 0 Å². The number of carbonyl (C=O) groups is 3. The highest BCUT2D eigenvalue weighted by molar-refractivity contribution is 6.33. The molecule has 1 aliphatic heterocycles. The third-order valence-electron chi connectivity index (χ3n) is 4.76. The van der Waals surface area contributed by atoms with Crippen molar-refractivity contribution in [3.8, 4) is 0 Å². The molecule has 6 nitrogen and oxygen atoms in total. The van der Waals surface area contributed by atoms with Crippen molar-refractivity contribution in [2.45, 2.75) is 39.7 Å². The molecule has 0 aliphatic carbocycles. The van der Waals surface area contributed by atoms with Gasteiger partial charge in [-0.3, -0.25) is 14.4 Å². The van der Waals surface area contributed by atoms with Crippen LogP contribution in [0.3, 0.4) is 0 Å². The van der Waals surface area contributed by atoms with Crippen molar-refractivity contribution < 1.29 is 19.1 Å². The maximum absolute atomic E-state index is 13.0. The first-order chi connectivity index (χ1) is 12.8. The van der Waals surface area contributed by atoms with Crippen LogP contribution in [-0.2, 0) is 14.3 Å². The molecule has 1 unspecified atom stereocenters. The number of nitrogens with zero attached hydrogens (tertiary/aromatic N) is 1. The Morgan fingerprint density at radius 3 is 2.41 bits per heavy atom. The van der Waals surface area contributed by atoms with Gasteiger partial charge in [0.25, 0.3) is 5.91 Å². The zero-order valence-electron chi connectivity index (χ0n) is 16.0. The summed E-state index contributed by atoms with van der Waals surface area (Å²) in [7, 11) is 0. The molecule has 0 radical (unpaired) electrons. The van der Waals surface area contributed by atoms with E-state index in [1.807, 2.05) is 13.8 Å². The molecule has 0 bridgehead atoms. The molecule has 148 valence electrons. The lowest BCUT2D eigenvalue weighted by atomic mass is 9.95. The highest BCUT2D eigenvalue weighted by Crippen LogP contribution is 2.21. The predicted octanol–water partition coefficient (Wildman–Crippen LogP) is 2.90. The van der Waals surface area contributed by atoms with E-state index in [4.69, 9.17) is 16.3 Å². The van der Waals surface area contributed by atoms with E-state index in [1.54, 1.807) is 36.1 Å². The average Bonchev–Trinajstić information content (AvgIpc) is 2.66. The summed E-state index contributed by atoms with van der Waals surface area (Å²) in [5, 5.41) is 3.17. The van der Waals surface area contributed by atoms with Gasteiger partial charge in [0.2, 0.25) is 5.91 Å². The Bertz CT molecular complexity index is 684. The van der Waals surface area contributed by atoms with E-state index in [1.165, 1.54) is 0 Å². The minimum atomic E-state index is -0.645. The number of esters is 1. The molecule has 7 heteroatoms. The Hall–Kier alpha value is -2.08. The number of ether oxygens (including phenoxy) is 1. The second kappa shape index (κ2) is 9.74. The fourth-order valence-electron chi connectivity index (χ4n) is 3.17. The zero-order chi connectivity index (χ0) is 20.0. The van der Waals surface area contributed by atoms with Crippen LogP contribution >= 0.6 is 11.6 Å². The summed E-state index contributed by atoms with van der Waals surface area (Å²) < 4.78 is 5.06. The van der Waals surface area contributed by atoms with Gasteiger partial charge in [0, 0.05) is 13.1 Å². The maximum Gasteiger partial charge on any atom is 0.309 e. The standard InChI is InChI=1S/C20H27ClN2O4/c1-4-27-20(26)14-9-11-23(12-10-14)19(25)17(13(2)3)22-18(24)15-7-5-6-8-16(15)21/h5-8,13-14,17H,4,9-12H2,1-3H3,(H,22,24). The minimum absolute atomic E-state index is 0.0771. The predicted molar refractivity (Wildman–Crippen MR) is 103 cm³/mol. The van der Waals surface area contributed by atoms with Crippen LogP contribution in [0.25, 0.3) is 0 Å². The number of amides is 2. The molecule has 1 aromatic carbocycles. The van der Waals surface area contributed by atoms with E-state index < -0.39 is 6.04 Å². The van der Waals surface area contributed by atoms with Crippen LogP contribution in [-0.4, -0.2) is 48.4 Å². The Morgan fingerprint density at radius 2 is 1.85 bits per heavy atom. The van der Waals surface area contributed by atoms with Crippen molar-refractivity contribution in [1.82, 2.24) is 10.2 Å². The van der Waals surface area contributed by atoms with Crippen molar-refractivity contribution in [1.29, 1.82) is 0 Å². The Kier molecular flexibility index (Phi) is 7.66. The summed E-state index contributed by atoms with van der Waals surface area (Å²) in [6, 6.07) is 6.10. The number of carbonyl (C=O) groups excluding carboxylic acids is 3. The summed E-state index contributed by atoms with van der Waals surface area (Å²) in [5.74, 6) is -0.935. The van der Waals surface area contributed by atoms with E-state index in [2.05, 4.69) is 5.32 Å². The highest BCUT2D eigenvalue weighted by atomic mass is 35.5. The van der Waals surface area contributed by atoms with Crippen LogP contribution in [0, 0.1) is 11.8 Å². The quantitative estimate of drug-likeness (QED) is 0.753. The number of benzene rings is 1. The van der Waals surface area contributed by atoms with Gasteiger partial charge in [-0.25, -0.2) is 0 Å². The maximum atomic E-state index is 13.0. The van der Waals surface area contributed by atoms with Gasteiger partial charge in [0.05, 0.1) is 23.1 Å². The number of halogens is 1. The Morgan fingerprint density at radius 1 is 1.22 bits per heavy atom. The van der Waals surface area contributed by atoms with E-state index in [-0.39, 0.29) is 29.6 Å². The molecule has 2 rings (SSSR count). The lowest BCUT2D eigenvalue weighted by Gasteiger charge is -2.34. The first-order valence-corrected chi connectivity index (χ1v) is 9.73. The number of rotatable bonds is 6. The lowest BCUT2D eigenvalue weighted by molar-refractivity contribution is -0.151. The normalized spacial score (nSPS) is 16.1. The molecule has 0 saturated carbocycles. The third kappa shape index (κ3) is 5.45. The second-order valence-electron chi connectivity index (χ2n) is 7.03. The molecular formula is C20H27ClN2O4. The second-order valence-corrected chi connectivity index (χ2v) is 7.43. The zero-order valence-corrected chi connectivity index (χ0v) is 16.8. The smallest absolute Gasteiger partial charge is 0.309 e. The van der Waals surface area contributed by atoms with Crippen molar-refractivity contribution in [3.05, 3.63) is 34.9 Å². The topological polar surface area (TPSA) is 75.7 Å². The van der Waals surface area contributed by atoms with Gasteiger partial charge in [-0.05, 0) is 37.8 Å². The first-order valence-electron chi connectivity index (χ1n) is 9.36. The summed E-state index contributed by atoms with van der Waals surface area (Å²) in [4.78, 5) is 39.1. The molecule has 1 heterocycles. The van der Waals surface area contributed by atoms with E-state index in [0.717, 1.165) is 0 Å². The highest BCUT2D eigenvalue weighted by Gasteiger charge is 2.33. The molecule has 0 spiro atoms. The molecular weight excluding hydrogens is 368 g/mol. The van der Waals surface area contributed by atoms with Crippen LogP contribution < -0.4 is 5.32 Å². The van der Waals surface area contributed by atoms with Crippen molar-refractivity contribution in [2.24, 2.45) is 11.8 Å². The van der Waals surface area contributed by atoms with Crippen LogP contribution in [0.4, 0.5) is 0 Å². The number of hydrogen-bond acceptors (Lipinski definition) is 4. The Balaban J connectivity index is 2.00. The van der Waals surface area contributed by atoms with Crippen LogP contribution in [0.15, 0.2) is 24.3 Å². The largest absolute Gasteiger partial charge is 0.466 e. The van der Waals surface area contributed by atoms with Gasteiger partial charge in [-0.1, -0.05) is 37.6 Å². The Labute approximate surface area is 165 Å². The number of likely N-dealkylation sites (tertiary alicyclic amines) is 1. The number of hydrogen-bond donors (Lipinski definition) is 1. The van der Waals surface area contributed by atoms with Crippen molar-refractivity contribution in [2.75, 3.05) is 19.7 Å². The molecule has 0 aromatic heterocycles. The molecule has 1 N–H and O–H groups in total. The fourth-order valence-corrected chi connectivity index (χ4v) is 3.39. The fraction of sp³-hybridized carbons (Fsp3) is 0.550. The van der Waals surface area contributed by atoms with Crippen molar-refractivity contribution in [3.63, 3.8) is 0 Å². The summed E-state index contributed by atoms with van der Waals surface area (Å²) in [6.07, 6.45) is 1.15. The lowest BCUT2D eigenvalue weighted by Crippen LogP contribution is -2.53. The number of piperidine rings is 1. The SMILES string of the molecule is CCOC(=O)C1CCN(C(=O)C(NC(=O)c2ccccc2Cl)C(C)C)CC1. The molecule has 27 heavy (non-hydrogen) atoms. The van der Waals surface area contributed by atoms with Gasteiger partial charge in [-0.2, -0.15) is 0 Å². The van der Waals surface area contributed by atoms with E-state index >= 15 is 0 Å². The molecule has 1 aliphatic rings. The van der Waals surface area contributed by atoms with Crippen LogP contribution in [0.2, 0.25) is 5.02 Å². The minimum Gasteiger partial charge on any atom is -0.466 e. The summed E-state index contributed by atoms with van der Waals surface area (Å²) in [6.45, 7) is 6.88. The van der Waals surface area contributed by atoms with Gasteiger partial charge >= 0.3 is 5.97 Å². The molecule has 1 aromatic rings. The van der Waals surface area contributed by atoms with Gasteiger partial charge in [0.15, 0.2) is 0 Å². The molecule has 1 fully saturated rings. The summed E-state index contributed by atoms with van der Waals surface area (Å²) >= 11 is 6.08. The van der Waals surface area contributed by atoms with Gasteiger partial charge in [0.1, 0.15) is 6.04 Å². The van der Waals surface area contributed by atoms with Crippen LogP contribution in [0.5, 0.6) is 0 Å². The monoisotopic (exact) mass is 394 g/mol. The number of nitrogens with one attached hydrogen (secondary N) is 1. The van der Waals surface area contributed by atoms with Gasteiger partial charge < -0.3 is 15.0 Å². The van der Waals surface area contributed by atoms with E-state index in [9.17, 15) is 14.4 Å². The third-order valence-corrected chi connectivity index (χ3v) is 5.09. The first kappa shape index (κ1) is 21.2. The van der Waals surface area contributed by atoms with Crippen molar-refractivity contribution >= 4 is 29.4 Å². The molecule has 1 atom stereocenters.